The van der Waals surface area contributed by atoms with Crippen LogP contribution in [-0.2, 0) is 9.59 Å². The van der Waals surface area contributed by atoms with Gasteiger partial charge in [-0.3, -0.25) is 29.4 Å². The Kier molecular flexibility index (Phi) is 4.25. The van der Waals surface area contributed by atoms with Crippen LogP contribution < -0.4 is 0 Å². The van der Waals surface area contributed by atoms with Gasteiger partial charge in [0.1, 0.15) is 6.04 Å². The van der Waals surface area contributed by atoms with E-state index >= 15 is 0 Å². The summed E-state index contributed by atoms with van der Waals surface area (Å²) in [6.45, 7) is 2.00. The van der Waals surface area contributed by atoms with Crippen LogP contribution in [-0.4, -0.2) is 44.9 Å². The molecule has 8 heteroatoms. The van der Waals surface area contributed by atoms with Crippen LogP contribution in [0.4, 0.5) is 5.69 Å². The molecule has 0 spiro atoms. The number of fused-ring (bicyclic) bond motifs is 5. The van der Waals surface area contributed by atoms with E-state index in [1.807, 2.05) is 35.2 Å². The summed E-state index contributed by atoms with van der Waals surface area (Å²) >= 11 is 0. The normalized spacial score (nSPS) is 26.0. The number of carbonyl (C=O) groups is 3. The van der Waals surface area contributed by atoms with Crippen LogP contribution in [0.2, 0.25) is 0 Å². The molecule has 0 N–H and O–H groups in total. The Hall–Kier alpha value is -3.81. The van der Waals surface area contributed by atoms with Crippen LogP contribution in [0.1, 0.15) is 34.5 Å². The van der Waals surface area contributed by atoms with Gasteiger partial charge in [-0.2, -0.15) is 0 Å². The molecule has 0 aromatic heterocycles. The monoisotopic (exact) mass is 417 g/mol. The molecule has 3 heterocycles. The summed E-state index contributed by atoms with van der Waals surface area (Å²) in [6, 6.07) is 11.8. The van der Waals surface area contributed by atoms with Crippen molar-refractivity contribution >= 4 is 29.4 Å². The predicted molar refractivity (Wildman–Crippen MR) is 111 cm³/mol. The molecule has 2 saturated heterocycles. The highest BCUT2D eigenvalue weighted by Crippen LogP contribution is 2.53. The van der Waals surface area contributed by atoms with Gasteiger partial charge in [0.25, 0.3) is 5.69 Å². The Morgan fingerprint density at radius 2 is 1.71 bits per heavy atom. The van der Waals surface area contributed by atoms with Gasteiger partial charge in [-0.05, 0) is 36.3 Å². The van der Waals surface area contributed by atoms with Gasteiger partial charge in [0.15, 0.2) is 5.78 Å². The van der Waals surface area contributed by atoms with Crippen LogP contribution in [0.3, 0.4) is 0 Å². The second-order valence-electron chi connectivity index (χ2n) is 7.92. The maximum absolute atomic E-state index is 13.6. The first kappa shape index (κ1) is 19.2. The third-order valence-electron chi connectivity index (χ3n) is 6.50. The molecule has 156 valence electrons. The third kappa shape index (κ3) is 2.64. The van der Waals surface area contributed by atoms with E-state index in [0.29, 0.717) is 0 Å². The second-order valence-corrected chi connectivity index (χ2v) is 7.92. The molecule has 0 radical (unpaired) electrons. The number of nitro groups is 1. The van der Waals surface area contributed by atoms with Gasteiger partial charge >= 0.3 is 0 Å². The summed E-state index contributed by atoms with van der Waals surface area (Å²) < 4.78 is 0. The highest BCUT2D eigenvalue weighted by molar-refractivity contribution is 6.12. The largest absolute Gasteiger partial charge is 0.358 e. The number of non-ortho nitro benzene ring substituents is 1. The SMILES string of the molecule is CCN1C(=O)[C@@H]2[C@H](C1=O)[C@H](C(=O)c1ccc([N+](=O)[O-])cc1)N1C=Cc3ccccc3[C@H]21. The van der Waals surface area contributed by atoms with Gasteiger partial charge in [0.05, 0.1) is 22.8 Å². The minimum absolute atomic E-state index is 0.116. The molecule has 0 saturated carbocycles. The zero-order chi connectivity index (χ0) is 21.9. The first-order valence-corrected chi connectivity index (χ1v) is 10.1. The van der Waals surface area contributed by atoms with Crippen LogP contribution >= 0.6 is 0 Å². The van der Waals surface area contributed by atoms with E-state index in [4.69, 9.17) is 0 Å². The second kappa shape index (κ2) is 6.87. The lowest BCUT2D eigenvalue weighted by Gasteiger charge is -2.35. The van der Waals surface area contributed by atoms with Crippen molar-refractivity contribution in [3.8, 4) is 0 Å². The number of rotatable bonds is 4. The number of benzene rings is 2. The van der Waals surface area contributed by atoms with Crippen LogP contribution in [0.5, 0.6) is 0 Å². The van der Waals surface area contributed by atoms with Crippen molar-refractivity contribution in [2.75, 3.05) is 6.54 Å². The number of imide groups is 1. The maximum atomic E-state index is 13.6. The van der Waals surface area contributed by atoms with E-state index in [1.54, 1.807) is 13.1 Å². The van der Waals surface area contributed by atoms with Gasteiger partial charge in [-0.15, -0.1) is 0 Å². The van der Waals surface area contributed by atoms with E-state index in [0.717, 1.165) is 11.1 Å². The van der Waals surface area contributed by atoms with E-state index in [2.05, 4.69) is 0 Å². The van der Waals surface area contributed by atoms with Crippen molar-refractivity contribution in [3.05, 3.63) is 81.5 Å². The zero-order valence-corrected chi connectivity index (χ0v) is 16.7. The lowest BCUT2D eigenvalue weighted by molar-refractivity contribution is -0.384. The molecule has 4 atom stereocenters. The van der Waals surface area contributed by atoms with Crippen LogP contribution in [0.15, 0.2) is 54.7 Å². The smallest absolute Gasteiger partial charge is 0.269 e. The van der Waals surface area contributed by atoms with Crippen molar-refractivity contribution < 1.29 is 19.3 Å². The molecule has 3 aliphatic heterocycles. The summed E-state index contributed by atoms with van der Waals surface area (Å²) in [7, 11) is 0. The van der Waals surface area contributed by atoms with Gasteiger partial charge in [0.2, 0.25) is 11.8 Å². The molecule has 0 unspecified atom stereocenters. The molecule has 2 aromatic carbocycles. The summed E-state index contributed by atoms with van der Waals surface area (Å²) in [5, 5.41) is 11.0. The number of nitrogens with zero attached hydrogens (tertiary/aromatic N) is 3. The summed E-state index contributed by atoms with van der Waals surface area (Å²) in [5.41, 5.74) is 2.03. The van der Waals surface area contributed by atoms with Gasteiger partial charge in [-0.1, -0.05) is 24.3 Å². The van der Waals surface area contributed by atoms with E-state index < -0.39 is 28.8 Å². The summed E-state index contributed by atoms with van der Waals surface area (Å²) in [6.07, 6.45) is 3.67. The standard InChI is InChI=1S/C23H19N3O5/c1-2-24-22(28)17-18(23(24)29)20(21(27)14-7-9-15(10-8-14)26(30)31)25-12-11-13-5-3-4-6-16(13)19(17)25/h3-12,17-20H,2H2,1H3/t17-,18+,19-,20-/m1/s1. The molecule has 31 heavy (non-hydrogen) atoms. The molecule has 2 aromatic rings. The van der Waals surface area contributed by atoms with Crippen molar-refractivity contribution in [2.24, 2.45) is 11.8 Å². The lowest BCUT2D eigenvalue weighted by Crippen LogP contribution is -2.44. The fraction of sp³-hybridized carbons (Fsp3) is 0.261. The number of amides is 2. The molecular formula is C23H19N3O5. The number of carbonyl (C=O) groups excluding carboxylic acids is 3. The molecule has 0 aliphatic carbocycles. The molecule has 5 rings (SSSR count). The van der Waals surface area contributed by atoms with Crippen molar-refractivity contribution in [1.29, 1.82) is 0 Å². The molecule has 8 nitrogen and oxygen atoms in total. The lowest BCUT2D eigenvalue weighted by atomic mass is 9.83. The molecular weight excluding hydrogens is 398 g/mol. The number of Topliss-reactive ketones (excluding diaryl/α,β-unsaturated/α-hetero) is 1. The van der Waals surface area contributed by atoms with Crippen molar-refractivity contribution in [2.45, 2.75) is 19.0 Å². The summed E-state index contributed by atoms with van der Waals surface area (Å²) in [4.78, 5) is 53.4. The maximum Gasteiger partial charge on any atom is 0.269 e. The quantitative estimate of drug-likeness (QED) is 0.328. The molecule has 2 amide bonds. The number of nitro benzene ring substituents is 1. The Bertz CT molecular complexity index is 1160. The van der Waals surface area contributed by atoms with Crippen LogP contribution in [0.25, 0.3) is 6.08 Å². The Balaban J connectivity index is 1.61. The van der Waals surface area contributed by atoms with Crippen molar-refractivity contribution in [3.63, 3.8) is 0 Å². The van der Waals surface area contributed by atoms with E-state index in [-0.39, 0.29) is 35.4 Å². The van der Waals surface area contributed by atoms with Gasteiger partial charge in [-0.25, -0.2) is 0 Å². The number of likely N-dealkylation sites (tertiary alicyclic amines) is 1. The Morgan fingerprint density at radius 3 is 2.39 bits per heavy atom. The molecule has 3 aliphatic rings. The predicted octanol–water partition coefficient (Wildman–Crippen LogP) is 2.81. The Labute approximate surface area is 177 Å². The average molecular weight is 417 g/mol. The third-order valence-corrected chi connectivity index (χ3v) is 6.50. The minimum Gasteiger partial charge on any atom is -0.358 e. The minimum atomic E-state index is -0.853. The number of hydrogen-bond donors (Lipinski definition) is 0. The van der Waals surface area contributed by atoms with Crippen LogP contribution in [0, 0.1) is 22.0 Å². The van der Waals surface area contributed by atoms with Gasteiger partial charge < -0.3 is 4.90 Å². The fourth-order valence-corrected chi connectivity index (χ4v) is 5.15. The first-order chi connectivity index (χ1) is 14.9. The molecule has 0 bridgehead atoms. The number of hydrogen-bond acceptors (Lipinski definition) is 6. The van der Waals surface area contributed by atoms with E-state index in [1.165, 1.54) is 29.2 Å². The highest BCUT2D eigenvalue weighted by atomic mass is 16.6. The first-order valence-electron chi connectivity index (χ1n) is 10.1. The molecule has 2 fully saturated rings. The summed E-state index contributed by atoms with van der Waals surface area (Å²) in [5.74, 6) is -2.35. The average Bonchev–Trinajstić information content (AvgIpc) is 3.25. The number of ketones is 1. The Morgan fingerprint density at radius 1 is 1.03 bits per heavy atom. The van der Waals surface area contributed by atoms with Crippen molar-refractivity contribution in [1.82, 2.24) is 9.80 Å². The van der Waals surface area contributed by atoms with E-state index in [9.17, 15) is 24.5 Å². The zero-order valence-electron chi connectivity index (χ0n) is 16.7. The topological polar surface area (TPSA) is 101 Å². The van der Waals surface area contributed by atoms with Gasteiger partial charge in [0, 0.05) is 30.4 Å². The highest BCUT2D eigenvalue weighted by Gasteiger charge is 2.63. The fourth-order valence-electron chi connectivity index (χ4n) is 5.15.